The van der Waals surface area contributed by atoms with Gasteiger partial charge in [0.2, 0.25) is 10.0 Å². The van der Waals surface area contributed by atoms with Crippen molar-refractivity contribution < 1.29 is 31.8 Å². The fraction of sp³-hybridized carbons (Fsp3) is 0.316. The summed E-state index contributed by atoms with van der Waals surface area (Å²) in [6.45, 7) is 2.90. The van der Waals surface area contributed by atoms with E-state index in [1.165, 1.54) is 67.9 Å². The Morgan fingerprint density at radius 3 is 2.23 bits per heavy atom. The molecule has 1 aliphatic rings. The first-order chi connectivity index (χ1) is 14.1. The van der Waals surface area contributed by atoms with E-state index in [0.29, 0.717) is 11.5 Å². The third-order valence-electron chi connectivity index (χ3n) is 4.87. The van der Waals surface area contributed by atoms with Gasteiger partial charge in [0.15, 0.2) is 0 Å². The number of sulfonamides is 1. The predicted molar refractivity (Wildman–Crippen MR) is 108 cm³/mol. The smallest absolute Gasteiger partial charge is 0.263 e. The molecule has 1 heterocycles. The van der Waals surface area contributed by atoms with Crippen LogP contribution in [0.3, 0.4) is 0 Å². The van der Waals surface area contributed by atoms with E-state index in [4.69, 9.17) is 9.94 Å². The van der Waals surface area contributed by atoms with Gasteiger partial charge in [-0.1, -0.05) is 0 Å². The number of ether oxygens (including phenoxy) is 1. The highest BCUT2D eigenvalue weighted by Gasteiger charge is 2.51. The van der Waals surface area contributed by atoms with Crippen LogP contribution in [-0.4, -0.2) is 51.1 Å². The molecule has 0 spiro atoms. The van der Waals surface area contributed by atoms with Gasteiger partial charge >= 0.3 is 0 Å². The zero-order valence-corrected chi connectivity index (χ0v) is 17.9. The van der Waals surface area contributed by atoms with Crippen LogP contribution in [0.15, 0.2) is 53.4 Å². The van der Waals surface area contributed by atoms with Crippen molar-refractivity contribution in [3.05, 3.63) is 54.3 Å². The van der Waals surface area contributed by atoms with Gasteiger partial charge in [-0.25, -0.2) is 18.3 Å². The molecule has 1 fully saturated rings. The first-order valence-corrected chi connectivity index (χ1v) is 11.7. The summed E-state index contributed by atoms with van der Waals surface area (Å²) in [5.41, 5.74) is 1.48. The highest BCUT2D eigenvalue weighted by molar-refractivity contribution is 7.90. The Morgan fingerprint density at radius 1 is 1.17 bits per heavy atom. The average molecular weight is 457 g/mol. The predicted octanol–water partition coefficient (Wildman–Crippen LogP) is 2.02. The third-order valence-corrected chi connectivity index (χ3v) is 8.70. The number of benzene rings is 2. The molecular formula is C19H21FN2O6S2. The lowest BCUT2D eigenvalue weighted by atomic mass is 10.0. The van der Waals surface area contributed by atoms with E-state index in [1.807, 2.05) is 0 Å². The van der Waals surface area contributed by atoms with E-state index in [9.17, 15) is 21.8 Å². The van der Waals surface area contributed by atoms with Gasteiger partial charge in [-0.2, -0.15) is 4.31 Å². The van der Waals surface area contributed by atoms with E-state index >= 15 is 0 Å². The Bertz CT molecular complexity index is 1060. The number of carbonyl (C=O) groups excluding carboxylic acids is 1. The number of hydrogen-bond acceptors (Lipinski definition) is 6. The maximum Gasteiger partial charge on any atom is 0.263 e. The molecule has 1 amide bonds. The molecule has 8 nitrogen and oxygen atoms in total. The van der Waals surface area contributed by atoms with Crippen LogP contribution in [0.25, 0.3) is 0 Å². The van der Waals surface area contributed by atoms with Gasteiger partial charge in [-0.15, -0.1) is 0 Å². The van der Waals surface area contributed by atoms with Gasteiger partial charge < -0.3 is 4.74 Å². The van der Waals surface area contributed by atoms with Crippen LogP contribution in [0.4, 0.5) is 4.39 Å². The maximum absolute atomic E-state index is 13.2. The number of nitrogens with one attached hydrogen (secondary N) is 1. The van der Waals surface area contributed by atoms with Crippen LogP contribution in [0.2, 0.25) is 0 Å². The topological polar surface area (TPSA) is 113 Å². The van der Waals surface area contributed by atoms with E-state index in [1.54, 1.807) is 0 Å². The standard InChI is InChI=1S/C19H21FN2O6S2/c1-19(2)17(18(23)21-24)22(11-12-29(19)25)30(26,27)16-9-7-15(8-10-16)28-14-5-3-13(20)4-6-14/h3-10,17,24H,11-12H2,1-2H3,(H,21,23)/t17?,29-/m0/s1. The summed E-state index contributed by atoms with van der Waals surface area (Å²) in [5.74, 6) is -0.575. The summed E-state index contributed by atoms with van der Waals surface area (Å²) in [5, 5.41) is 9.09. The van der Waals surface area contributed by atoms with Crippen LogP contribution in [-0.2, 0) is 25.6 Å². The van der Waals surface area contributed by atoms with Gasteiger partial charge in [0.25, 0.3) is 5.91 Å². The molecule has 1 aliphatic heterocycles. The second-order valence-corrected chi connectivity index (χ2v) is 11.2. The molecule has 2 N–H and O–H groups in total. The Balaban J connectivity index is 1.89. The summed E-state index contributed by atoms with van der Waals surface area (Å²) < 4.78 is 57.1. The molecule has 2 aromatic carbocycles. The monoisotopic (exact) mass is 456 g/mol. The molecule has 1 saturated heterocycles. The largest absolute Gasteiger partial charge is 0.457 e. The molecular weight excluding hydrogens is 435 g/mol. The third kappa shape index (κ3) is 4.24. The van der Waals surface area contributed by atoms with Gasteiger partial charge in [0, 0.05) is 23.1 Å². The molecule has 0 saturated carbocycles. The van der Waals surface area contributed by atoms with Crippen molar-refractivity contribution in [1.82, 2.24) is 9.79 Å². The average Bonchev–Trinajstić information content (AvgIpc) is 2.71. The fourth-order valence-corrected chi connectivity index (χ4v) is 6.53. The maximum atomic E-state index is 13.2. The fourth-order valence-electron chi connectivity index (χ4n) is 3.26. The molecule has 2 atom stereocenters. The summed E-state index contributed by atoms with van der Waals surface area (Å²) in [7, 11) is -5.60. The zero-order valence-electron chi connectivity index (χ0n) is 16.2. The molecule has 2 aromatic rings. The number of hydrogen-bond donors (Lipinski definition) is 2. The molecule has 30 heavy (non-hydrogen) atoms. The Hall–Kier alpha value is -2.34. The second kappa shape index (κ2) is 8.42. The van der Waals surface area contributed by atoms with E-state index in [-0.39, 0.29) is 17.2 Å². The molecule has 0 aromatic heterocycles. The molecule has 11 heteroatoms. The number of hydroxylamine groups is 1. The van der Waals surface area contributed by atoms with Crippen molar-refractivity contribution in [3.8, 4) is 11.5 Å². The summed E-state index contributed by atoms with van der Waals surface area (Å²) in [6, 6.07) is 9.51. The molecule has 0 aliphatic carbocycles. The summed E-state index contributed by atoms with van der Waals surface area (Å²) in [4.78, 5) is 12.2. The van der Waals surface area contributed by atoms with Crippen LogP contribution < -0.4 is 10.2 Å². The minimum Gasteiger partial charge on any atom is -0.457 e. The van der Waals surface area contributed by atoms with Gasteiger partial charge in [-0.3, -0.25) is 14.2 Å². The first kappa shape index (κ1) is 22.3. The minimum atomic E-state index is -4.13. The molecule has 0 bridgehead atoms. The van der Waals surface area contributed by atoms with Crippen LogP contribution in [0.1, 0.15) is 13.8 Å². The summed E-state index contributed by atoms with van der Waals surface area (Å²) in [6.07, 6.45) is 0. The van der Waals surface area contributed by atoms with E-state index in [2.05, 4.69) is 0 Å². The van der Waals surface area contributed by atoms with Crippen molar-refractivity contribution >= 4 is 26.7 Å². The van der Waals surface area contributed by atoms with Crippen molar-refractivity contribution in [2.45, 2.75) is 29.5 Å². The number of carbonyl (C=O) groups is 1. The first-order valence-electron chi connectivity index (χ1n) is 8.95. The lowest BCUT2D eigenvalue weighted by Gasteiger charge is -2.42. The highest BCUT2D eigenvalue weighted by atomic mass is 32.2. The Morgan fingerprint density at radius 2 is 1.70 bits per heavy atom. The number of nitrogens with zero attached hydrogens (tertiary/aromatic N) is 1. The highest BCUT2D eigenvalue weighted by Crippen LogP contribution is 2.33. The Kier molecular flexibility index (Phi) is 6.27. The van der Waals surface area contributed by atoms with Gasteiger partial charge in [-0.05, 0) is 62.4 Å². The van der Waals surface area contributed by atoms with Gasteiger partial charge in [0.1, 0.15) is 23.4 Å². The zero-order chi connectivity index (χ0) is 22.1. The lowest BCUT2D eigenvalue weighted by molar-refractivity contribution is -0.134. The molecule has 0 radical (unpaired) electrons. The molecule has 162 valence electrons. The number of amides is 1. The number of rotatable bonds is 5. The Labute approximate surface area is 176 Å². The number of halogens is 1. The van der Waals surface area contributed by atoms with Crippen LogP contribution in [0, 0.1) is 5.82 Å². The molecule has 1 unspecified atom stereocenters. The lowest BCUT2D eigenvalue weighted by Crippen LogP contribution is -2.64. The van der Waals surface area contributed by atoms with Crippen molar-refractivity contribution in [3.63, 3.8) is 0 Å². The second-order valence-electron chi connectivity index (χ2n) is 7.17. The van der Waals surface area contributed by atoms with E-state index in [0.717, 1.165) is 4.31 Å². The minimum absolute atomic E-state index is 0.0627. The summed E-state index contributed by atoms with van der Waals surface area (Å²) >= 11 is 0. The van der Waals surface area contributed by atoms with Crippen LogP contribution >= 0.6 is 0 Å². The quantitative estimate of drug-likeness (QED) is 0.526. The van der Waals surface area contributed by atoms with Crippen LogP contribution in [0.5, 0.6) is 11.5 Å². The molecule has 3 rings (SSSR count). The van der Waals surface area contributed by atoms with Crippen molar-refractivity contribution in [2.24, 2.45) is 0 Å². The van der Waals surface area contributed by atoms with E-state index < -0.39 is 43.3 Å². The normalized spacial score (nSPS) is 21.7. The van der Waals surface area contributed by atoms with Gasteiger partial charge in [0.05, 0.1) is 9.64 Å². The van der Waals surface area contributed by atoms with Crippen molar-refractivity contribution in [2.75, 3.05) is 12.3 Å². The van der Waals surface area contributed by atoms with Crippen molar-refractivity contribution in [1.29, 1.82) is 0 Å². The SMILES string of the molecule is CC1(C)C(C(=O)NO)N(S(=O)(=O)c2ccc(Oc3ccc(F)cc3)cc2)CC[S@@]1=O.